The molecule has 0 saturated carbocycles. The zero-order valence-corrected chi connectivity index (χ0v) is 6.97. The van der Waals surface area contributed by atoms with Crippen LogP contribution in [0.5, 0.6) is 0 Å². The quantitative estimate of drug-likeness (QED) is 0.641. The molecule has 1 aliphatic heterocycles. The van der Waals surface area contributed by atoms with E-state index in [0.29, 0.717) is 6.54 Å². The smallest absolute Gasteiger partial charge is 0.142 e. The first-order valence-corrected chi connectivity index (χ1v) is 4.29. The van der Waals surface area contributed by atoms with Gasteiger partial charge in [0.2, 0.25) is 0 Å². The second kappa shape index (κ2) is 3.25. The Bertz CT molecular complexity index is 269. The lowest BCUT2D eigenvalue weighted by molar-refractivity contribution is 0.378. The molecule has 0 atom stereocenters. The summed E-state index contributed by atoms with van der Waals surface area (Å²) in [6.45, 7) is 2.51. The van der Waals surface area contributed by atoms with Gasteiger partial charge in [-0.25, -0.2) is 0 Å². The van der Waals surface area contributed by atoms with Crippen LogP contribution >= 0.6 is 0 Å². The molecule has 4 nitrogen and oxygen atoms in total. The fourth-order valence-corrected chi connectivity index (χ4v) is 1.53. The van der Waals surface area contributed by atoms with Gasteiger partial charge >= 0.3 is 0 Å². The first-order valence-electron chi connectivity index (χ1n) is 4.29. The molecular weight excluding hydrogens is 154 g/mol. The number of hydrogen-bond acceptors (Lipinski definition) is 4. The molecule has 12 heavy (non-hydrogen) atoms. The van der Waals surface area contributed by atoms with Gasteiger partial charge in [-0.1, -0.05) is 5.16 Å². The monoisotopic (exact) mass is 167 g/mol. The highest BCUT2D eigenvalue weighted by molar-refractivity contribution is 5.25. The van der Waals surface area contributed by atoms with E-state index >= 15 is 0 Å². The zero-order chi connectivity index (χ0) is 8.39. The van der Waals surface area contributed by atoms with Crippen molar-refractivity contribution < 1.29 is 4.52 Å². The minimum Gasteiger partial charge on any atom is -0.361 e. The molecule has 1 aromatic rings. The van der Waals surface area contributed by atoms with Crippen LogP contribution in [-0.2, 0) is 19.4 Å². The van der Waals surface area contributed by atoms with Crippen LogP contribution < -0.4 is 11.1 Å². The number of nitrogens with zero attached hydrogens (tertiary/aromatic N) is 1. The van der Waals surface area contributed by atoms with Gasteiger partial charge < -0.3 is 15.6 Å². The largest absolute Gasteiger partial charge is 0.361 e. The Morgan fingerprint density at radius 3 is 3.33 bits per heavy atom. The van der Waals surface area contributed by atoms with E-state index < -0.39 is 0 Å². The average molecular weight is 167 g/mol. The maximum atomic E-state index is 5.44. The third-order valence-corrected chi connectivity index (χ3v) is 2.16. The molecule has 0 fully saturated rings. The van der Waals surface area contributed by atoms with Crippen LogP contribution in [0, 0.1) is 0 Å². The van der Waals surface area contributed by atoms with Crippen molar-refractivity contribution in [2.75, 3.05) is 13.1 Å². The number of nitrogens with one attached hydrogen (secondary N) is 1. The number of aromatic nitrogens is 1. The van der Waals surface area contributed by atoms with Gasteiger partial charge in [0.25, 0.3) is 0 Å². The normalized spacial score (nSPS) is 16.1. The Hall–Kier alpha value is -0.870. The van der Waals surface area contributed by atoms with Gasteiger partial charge in [0.05, 0.1) is 5.69 Å². The summed E-state index contributed by atoms with van der Waals surface area (Å²) in [6.07, 6.45) is 1.77. The third kappa shape index (κ3) is 1.23. The van der Waals surface area contributed by atoms with E-state index in [9.17, 15) is 0 Å². The van der Waals surface area contributed by atoms with Crippen molar-refractivity contribution in [3.05, 3.63) is 17.0 Å². The average Bonchev–Trinajstić information content (AvgIpc) is 2.50. The summed E-state index contributed by atoms with van der Waals surface area (Å²) in [7, 11) is 0. The maximum absolute atomic E-state index is 5.44. The lowest BCUT2D eigenvalue weighted by Gasteiger charge is -2.10. The molecule has 0 aromatic carbocycles. The number of nitrogens with two attached hydrogens (primary N) is 1. The van der Waals surface area contributed by atoms with Crippen molar-refractivity contribution in [2.45, 2.75) is 19.4 Å². The Kier molecular flexibility index (Phi) is 2.10. The summed E-state index contributed by atoms with van der Waals surface area (Å²) in [5.41, 5.74) is 7.78. The summed E-state index contributed by atoms with van der Waals surface area (Å²) in [5.74, 6) is 0.958. The molecular formula is C8H13N3O. The van der Waals surface area contributed by atoms with Crippen LogP contribution in [0.3, 0.4) is 0 Å². The Morgan fingerprint density at radius 1 is 1.58 bits per heavy atom. The van der Waals surface area contributed by atoms with Crippen molar-refractivity contribution in [1.82, 2.24) is 10.5 Å². The molecule has 3 N–H and O–H groups in total. The van der Waals surface area contributed by atoms with E-state index in [1.807, 2.05) is 0 Å². The highest BCUT2D eigenvalue weighted by atomic mass is 16.5. The molecule has 1 aromatic heterocycles. The highest BCUT2D eigenvalue weighted by Crippen LogP contribution is 2.17. The van der Waals surface area contributed by atoms with Crippen molar-refractivity contribution in [3.63, 3.8) is 0 Å². The van der Waals surface area contributed by atoms with E-state index in [0.717, 1.165) is 37.4 Å². The van der Waals surface area contributed by atoms with Gasteiger partial charge in [-0.05, 0) is 6.54 Å². The molecule has 0 saturated heterocycles. The fourth-order valence-electron chi connectivity index (χ4n) is 1.53. The maximum Gasteiger partial charge on any atom is 0.142 e. The summed E-state index contributed by atoms with van der Waals surface area (Å²) in [4.78, 5) is 0. The van der Waals surface area contributed by atoms with Crippen molar-refractivity contribution in [2.24, 2.45) is 5.73 Å². The van der Waals surface area contributed by atoms with E-state index in [1.54, 1.807) is 0 Å². The lowest BCUT2D eigenvalue weighted by atomic mass is 10.1. The second-order valence-corrected chi connectivity index (χ2v) is 3.00. The molecule has 0 unspecified atom stereocenters. The SMILES string of the molecule is NCCc1onc2c1CNCC2. The van der Waals surface area contributed by atoms with Gasteiger partial charge in [-0.3, -0.25) is 0 Å². The standard InChI is InChI=1S/C8H13N3O/c9-3-1-8-6-5-10-4-2-7(6)11-12-8/h10H,1-5,9H2. The molecule has 4 heteroatoms. The van der Waals surface area contributed by atoms with E-state index in [1.165, 1.54) is 5.56 Å². The second-order valence-electron chi connectivity index (χ2n) is 3.00. The molecule has 0 bridgehead atoms. The molecule has 0 aliphatic carbocycles. The van der Waals surface area contributed by atoms with Gasteiger partial charge in [0.15, 0.2) is 0 Å². The summed E-state index contributed by atoms with van der Waals surface area (Å²) in [5, 5.41) is 7.29. The molecule has 0 radical (unpaired) electrons. The number of fused-ring (bicyclic) bond motifs is 1. The zero-order valence-electron chi connectivity index (χ0n) is 6.97. The predicted molar refractivity (Wildman–Crippen MR) is 44.7 cm³/mol. The van der Waals surface area contributed by atoms with Crippen molar-refractivity contribution in [1.29, 1.82) is 0 Å². The number of rotatable bonds is 2. The lowest BCUT2D eigenvalue weighted by Crippen LogP contribution is -2.24. The van der Waals surface area contributed by atoms with E-state index in [2.05, 4.69) is 10.5 Å². The summed E-state index contributed by atoms with van der Waals surface area (Å²) >= 11 is 0. The van der Waals surface area contributed by atoms with Crippen LogP contribution in [0.15, 0.2) is 4.52 Å². The minimum atomic E-state index is 0.627. The molecule has 1 aliphatic rings. The van der Waals surface area contributed by atoms with Gasteiger partial charge in [-0.2, -0.15) is 0 Å². The van der Waals surface area contributed by atoms with Crippen molar-refractivity contribution >= 4 is 0 Å². The van der Waals surface area contributed by atoms with Crippen LogP contribution in [0.25, 0.3) is 0 Å². The minimum absolute atomic E-state index is 0.627. The topological polar surface area (TPSA) is 64.1 Å². The first kappa shape index (κ1) is 7.76. The highest BCUT2D eigenvalue weighted by Gasteiger charge is 2.17. The van der Waals surface area contributed by atoms with E-state index in [-0.39, 0.29) is 0 Å². The Balaban J connectivity index is 2.25. The molecule has 66 valence electrons. The van der Waals surface area contributed by atoms with Crippen molar-refractivity contribution in [3.8, 4) is 0 Å². The molecule has 0 spiro atoms. The van der Waals surface area contributed by atoms with Crippen LogP contribution in [-0.4, -0.2) is 18.2 Å². The summed E-state index contributed by atoms with van der Waals surface area (Å²) in [6, 6.07) is 0. The predicted octanol–water partition coefficient (Wildman–Crippen LogP) is -0.179. The fraction of sp³-hybridized carbons (Fsp3) is 0.625. The number of hydrogen-bond donors (Lipinski definition) is 2. The molecule has 0 amide bonds. The van der Waals surface area contributed by atoms with Gasteiger partial charge in [-0.15, -0.1) is 0 Å². The summed E-state index contributed by atoms with van der Waals surface area (Å²) < 4.78 is 5.19. The van der Waals surface area contributed by atoms with Crippen LogP contribution in [0.4, 0.5) is 0 Å². The first-order chi connectivity index (χ1) is 5.92. The van der Waals surface area contributed by atoms with Gasteiger partial charge in [0.1, 0.15) is 5.76 Å². The Morgan fingerprint density at radius 2 is 2.50 bits per heavy atom. The van der Waals surface area contributed by atoms with Crippen LogP contribution in [0.2, 0.25) is 0 Å². The Labute approximate surface area is 71.1 Å². The van der Waals surface area contributed by atoms with E-state index in [4.69, 9.17) is 10.3 Å². The van der Waals surface area contributed by atoms with Crippen LogP contribution in [0.1, 0.15) is 17.0 Å². The molecule has 2 rings (SSSR count). The van der Waals surface area contributed by atoms with Gasteiger partial charge in [0, 0.05) is 31.5 Å². The third-order valence-electron chi connectivity index (χ3n) is 2.16. The molecule has 2 heterocycles.